The van der Waals surface area contributed by atoms with E-state index in [1.54, 1.807) is 16.4 Å². The van der Waals surface area contributed by atoms with E-state index in [1.807, 2.05) is 24.3 Å². The van der Waals surface area contributed by atoms with Crippen molar-refractivity contribution in [1.82, 2.24) is 14.5 Å². The van der Waals surface area contributed by atoms with Gasteiger partial charge in [0.25, 0.3) is 0 Å². The minimum absolute atomic E-state index is 0.00217. The van der Waals surface area contributed by atoms with Crippen molar-refractivity contribution in [1.29, 1.82) is 0 Å². The minimum atomic E-state index is -3.42. The number of hydrogen-bond donors (Lipinski definition) is 1. The van der Waals surface area contributed by atoms with Crippen LogP contribution in [-0.4, -0.2) is 49.7 Å². The normalized spacial score (nSPS) is 15.0. The predicted octanol–water partition coefficient (Wildman–Crippen LogP) is 3.95. The molecule has 0 aromatic heterocycles. The number of aryl methyl sites for hydroxylation is 1. The van der Waals surface area contributed by atoms with Crippen LogP contribution in [0.25, 0.3) is 0 Å². The Bertz CT molecular complexity index is 996. The Kier molecular flexibility index (Phi) is 9.47. The van der Waals surface area contributed by atoms with Crippen LogP contribution in [0, 0.1) is 0 Å². The number of carbonyl (C=O) groups is 1. The van der Waals surface area contributed by atoms with Crippen LogP contribution in [0.4, 0.5) is 0 Å². The van der Waals surface area contributed by atoms with Gasteiger partial charge in [-0.3, -0.25) is 9.69 Å². The van der Waals surface area contributed by atoms with Gasteiger partial charge in [0.1, 0.15) is 0 Å². The molecule has 0 bridgehead atoms. The van der Waals surface area contributed by atoms with Crippen LogP contribution >= 0.6 is 0 Å². The van der Waals surface area contributed by atoms with Crippen molar-refractivity contribution < 1.29 is 13.2 Å². The molecular weight excluding hydrogens is 434 g/mol. The Labute approximate surface area is 199 Å². The zero-order valence-corrected chi connectivity index (χ0v) is 20.7. The number of nitrogens with zero attached hydrogens (tertiary/aromatic N) is 2. The van der Waals surface area contributed by atoms with Crippen molar-refractivity contribution in [3.8, 4) is 0 Å². The van der Waals surface area contributed by atoms with Gasteiger partial charge in [0.2, 0.25) is 15.9 Å². The number of rotatable bonds is 11. The first-order valence-electron chi connectivity index (χ1n) is 12.1. The van der Waals surface area contributed by atoms with Crippen molar-refractivity contribution >= 4 is 15.9 Å². The van der Waals surface area contributed by atoms with Crippen molar-refractivity contribution in [2.45, 2.75) is 63.9 Å². The van der Waals surface area contributed by atoms with Crippen LogP contribution in [0.2, 0.25) is 0 Å². The fraction of sp³-hybridized carbons (Fsp3) is 0.500. The molecule has 7 heteroatoms. The highest BCUT2D eigenvalue weighted by atomic mass is 32.2. The summed E-state index contributed by atoms with van der Waals surface area (Å²) in [5.41, 5.74) is 3.35. The lowest BCUT2D eigenvalue weighted by Crippen LogP contribution is -2.35. The molecule has 6 nitrogen and oxygen atoms in total. The Morgan fingerprint density at radius 1 is 0.939 bits per heavy atom. The first-order chi connectivity index (χ1) is 15.9. The van der Waals surface area contributed by atoms with Crippen LogP contribution < -0.4 is 5.32 Å². The second kappa shape index (κ2) is 12.3. The molecule has 1 amide bonds. The van der Waals surface area contributed by atoms with Gasteiger partial charge in [-0.25, -0.2) is 8.42 Å². The van der Waals surface area contributed by atoms with E-state index in [0.29, 0.717) is 37.4 Å². The molecule has 2 aromatic carbocycles. The van der Waals surface area contributed by atoms with Crippen LogP contribution in [0.3, 0.4) is 0 Å². The van der Waals surface area contributed by atoms with E-state index in [4.69, 9.17) is 0 Å². The summed E-state index contributed by atoms with van der Waals surface area (Å²) in [6.45, 7) is 8.90. The largest absolute Gasteiger partial charge is 0.352 e. The summed E-state index contributed by atoms with van der Waals surface area (Å²) in [4.78, 5) is 15.1. The third-order valence-corrected chi connectivity index (χ3v) is 8.31. The number of piperidine rings is 1. The van der Waals surface area contributed by atoms with E-state index in [-0.39, 0.29) is 5.91 Å². The van der Waals surface area contributed by atoms with Gasteiger partial charge in [-0.05, 0) is 61.2 Å². The van der Waals surface area contributed by atoms with E-state index < -0.39 is 10.0 Å². The molecule has 1 N–H and O–H groups in total. The van der Waals surface area contributed by atoms with Gasteiger partial charge in [0.15, 0.2) is 0 Å². The molecule has 0 saturated carbocycles. The molecule has 0 spiro atoms. The Balaban J connectivity index is 1.50. The number of carbonyl (C=O) groups excluding carboxylic acids is 1. The van der Waals surface area contributed by atoms with Gasteiger partial charge in [-0.1, -0.05) is 56.7 Å². The summed E-state index contributed by atoms with van der Waals surface area (Å²) in [7, 11) is -3.42. The molecule has 3 rings (SSSR count). The molecule has 0 unspecified atom stereocenters. The lowest BCUT2D eigenvalue weighted by Gasteiger charge is -2.25. The van der Waals surface area contributed by atoms with E-state index in [0.717, 1.165) is 50.0 Å². The highest BCUT2D eigenvalue weighted by molar-refractivity contribution is 7.89. The van der Waals surface area contributed by atoms with E-state index >= 15 is 0 Å². The topological polar surface area (TPSA) is 69.7 Å². The Morgan fingerprint density at radius 3 is 2.21 bits per heavy atom. The van der Waals surface area contributed by atoms with Crippen molar-refractivity contribution in [2.75, 3.05) is 26.2 Å². The smallest absolute Gasteiger partial charge is 0.243 e. The molecule has 0 radical (unpaired) electrons. The van der Waals surface area contributed by atoms with Crippen molar-refractivity contribution in [2.24, 2.45) is 0 Å². The summed E-state index contributed by atoms with van der Waals surface area (Å²) in [5.74, 6) is -0.00217. The zero-order chi connectivity index (χ0) is 23.7. The summed E-state index contributed by atoms with van der Waals surface area (Å²) < 4.78 is 27.1. The molecule has 1 aliphatic heterocycles. The average Bonchev–Trinajstić information content (AvgIpc) is 2.86. The first-order valence-corrected chi connectivity index (χ1v) is 13.5. The fourth-order valence-corrected chi connectivity index (χ4v) is 5.71. The molecule has 0 atom stereocenters. The second-order valence-electron chi connectivity index (χ2n) is 8.62. The lowest BCUT2D eigenvalue weighted by atomic mass is 10.1. The van der Waals surface area contributed by atoms with Crippen LogP contribution in [0.5, 0.6) is 0 Å². The van der Waals surface area contributed by atoms with Crippen LogP contribution in [-0.2, 0) is 34.3 Å². The summed E-state index contributed by atoms with van der Waals surface area (Å²) in [5, 5.41) is 3.04. The lowest BCUT2D eigenvalue weighted by molar-refractivity contribution is -0.121. The molecule has 33 heavy (non-hydrogen) atoms. The number of benzene rings is 2. The number of sulfonamides is 1. The third-order valence-electron chi connectivity index (χ3n) is 6.40. The monoisotopic (exact) mass is 471 g/mol. The number of amides is 1. The van der Waals surface area contributed by atoms with E-state index in [9.17, 15) is 13.2 Å². The highest BCUT2D eigenvalue weighted by Crippen LogP contribution is 2.21. The molecule has 1 aliphatic rings. The standard InChI is InChI=1S/C26H37N3O3S/c1-3-28(4-2)21-24-11-7-6-10-23(24)20-27-26(30)17-14-22-12-15-25(16-13-22)33(31,32)29-18-8-5-9-19-29/h6-7,10-13,15-16H,3-5,8-9,14,17-21H2,1-2H3,(H,27,30). The SMILES string of the molecule is CCN(CC)Cc1ccccc1CNC(=O)CCc1ccc(S(=O)(=O)N2CCCCC2)cc1. The average molecular weight is 472 g/mol. The van der Waals surface area contributed by atoms with Gasteiger partial charge >= 0.3 is 0 Å². The molecule has 180 valence electrons. The van der Waals surface area contributed by atoms with Gasteiger partial charge in [0.05, 0.1) is 4.90 Å². The van der Waals surface area contributed by atoms with Crippen LogP contribution in [0.1, 0.15) is 56.2 Å². The summed E-state index contributed by atoms with van der Waals surface area (Å²) in [6.07, 6.45) is 3.89. The Morgan fingerprint density at radius 2 is 1.58 bits per heavy atom. The maximum Gasteiger partial charge on any atom is 0.243 e. The quantitative estimate of drug-likeness (QED) is 0.539. The molecular formula is C26H37N3O3S. The van der Waals surface area contributed by atoms with Crippen molar-refractivity contribution in [3.63, 3.8) is 0 Å². The van der Waals surface area contributed by atoms with E-state index in [2.05, 4.69) is 36.2 Å². The maximum absolute atomic E-state index is 12.8. The highest BCUT2D eigenvalue weighted by Gasteiger charge is 2.25. The van der Waals surface area contributed by atoms with Crippen molar-refractivity contribution in [3.05, 3.63) is 65.2 Å². The van der Waals surface area contributed by atoms with Gasteiger partial charge in [0, 0.05) is 32.6 Å². The van der Waals surface area contributed by atoms with Crippen LogP contribution in [0.15, 0.2) is 53.4 Å². The fourth-order valence-electron chi connectivity index (χ4n) is 4.19. The number of hydrogen-bond acceptors (Lipinski definition) is 4. The summed E-state index contributed by atoms with van der Waals surface area (Å²) >= 11 is 0. The van der Waals surface area contributed by atoms with Gasteiger partial charge in [-0.15, -0.1) is 0 Å². The molecule has 1 heterocycles. The second-order valence-corrected chi connectivity index (χ2v) is 10.6. The predicted molar refractivity (Wildman–Crippen MR) is 132 cm³/mol. The first kappa shape index (κ1) is 25.4. The molecule has 2 aromatic rings. The van der Waals surface area contributed by atoms with Gasteiger partial charge in [-0.2, -0.15) is 4.31 Å². The number of nitrogens with one attached hydrogen (secondary N) is 1. The Hall–Kier alpha value is -2.22. The minimum Gasteiger partial charge on any atom is -0.352 e. The molecule has 1 fully saturated rings. The van der Waals surface area contributed by atoms with E-state index in [1.165, 1.54) is 5.56 Å². The van der Waals surface area contributed by atoms with Gasteiger partial charge < -0.3 is 5.32 Å². The third kappa shape index (κ3) is 7.13. The summed E-state index contributed by atoms with van der Waals surface area (Å²) in [6, 6.07) is 15.2. The molecule has 1 saturated heterocycles. The molecule has 0 aliphatic carbocycles. The zero-order valence-electron chi connectivity index (χ0n) is 19.9. The maximum atomic E-state index is 12.8.